The number of H-pyrrole nitrogens is 1. The molecular weight excluding hydrogens is 270 g/mol. The highest BCUT2D eigenvalue weighted by Gasteiger charge is 2.43. The fourth-order valence-corrected chi connectivity index (χ4v) is 3.75. The van der Waals surface area contributed by atoms with Crippen molar-refractivity contribution in [1.29, 1.82) is 0 Å². The van der Waals surface area contributed by atoms with E-state index in [4.69, 9.17) is 0 Å². The van der Waals surface area contributed by atoms with Crippen LogP contribution in [0.3, 0.4) is 0 Å². The first-order valence-corrected chi connectivity index (χ1v) is 7.63. The Bertz CT molecular complexity index is 573. The van der Waals surface area contributed by atoms with Crippen LogP contribution < -0.4 is 4.72 Å². The second kappa shape index (κ2) is 4.93. The number of aliphatic carboxylic acids is 1. The summed E-state index contributed by atoms with van der Waals surface area (Å²) in [5.41, 5.74) is -1.39. The molecule has 0 atom stereocenters. The lowest BCUT2D eigenvalue weighted by Gasteiger charge is -2.33. The van der Waals surface area contributed by atoms with Gasteiger partial charge < -0.3 is 10.1 Å². The van der Waals surface area contributed by atoms with Crippen molar-refractivity contribution in [2.45, 2.75) is 49.6 Å². The van der Waals surface area contributed by atoms with Crippen LogP contribution in [0.5, 0.6) is 0 Å². The summed E-state index contributed by atoms with van der Waals surface area (Å²) in [5, 5.41) is 9.25. The molecule has 1 saturated carbocycles. The molecule has 1 aromatic heterocycles. The Morgan fingerprint density at radius 2 is 2.05 bits per heavy atom. The van der Waals surface area contributed by atoms with Gasteiger partial charge in [-0.25, -0.2) is 13.4 Å². The summed E-state index contributed by atoms with van der Waals surface area (Å²) in [6, 6.07) is 0. The third kappa shape index (κ3) is 2.79. The monoisotopic (exact) mass is 287 g/mol. The second-order valence-corrected chi connectivity index (χ2v) is 6.54. The fraction of sp³-hybridized carbons (Fsp3) is 0.636. The number of carboxylic acid groups (broad SMARTS) is 1. The van der Waals surface area contributed by atoms with Crippen LogP contribution in [0.25, 0.3) is 0 Å². The van der Waals surface area contributed by atoms with Crippen molar-refractivity contribution in [2.75, 3.05) is 0 Å². The SMILES string of the molecule is Cc1ncc(S(=O)(=O)NC2(C(=O)O)CCCCC2)[nH]1. The molecule has 3 N–H and O–H groups in total. The van der Waals surface area contributed by atoms with Crippen molar-refractivity contribution in [2.24, 2.45) is 0 Å². The summed E-state index contributed by atoms with van der Waals surface area (Å²) in [7, 11) is -3.89. The zero-order valence-corrected chi connectivity index (χ0v) is 11.5. The summed E-state index contributed by atoms with van der Waals surface area (Å²) < 4.78 is 26.7. The number of aromatic amines is 1. The molecule has 7 nitrogen and oxygen atoms in total. The number of imidazole rings is 1. The van der Waals surface area contributed by atoms with Crippen LogP contribution in [0.4, 0.5) is 0 Å². The highest BCUT2D eigenvalue weighted by Crippen LogP contribution is 2.30. The van der Waals surface area contributed by atoms with Gasteiger partial charge in [-0.3, -0.25) is 4.79 Å². The molecule has 1 heterocycles. The van der Waals surface area contributed by atoms with Gasteiger partial charge in [-0.1, -0.05) is 19.3 Å². The molecule has 0 spiro atoms. The average molecular weight is 287 g/mol. The van der Waals surface area contributed by atoms with Gasteiger partial charge in [0.2, 0.25) is 0 Å². The quantitative estimate of drug-likeness (QED) is 0.757. The molecule has 0 aromatic carbocycles. The van der Waals surface area contributed by atoms with Crippen molar-refractivity contribution in [3.63, 3.8) is 0 Å². The van der Waals surface area contributed by atoms with Gasteiger partial charge in [-0.2, -0.15) is 4.72 Å². The molecule has 19 heavy (non-hydrogen) atoms. The van der Waals surface area contributed by atoms with Gasteiger partial charge >= 0.3 is 5.97 Å². The summed E-state index contributed by atoms with van der Waals surface area (Å²) >= 11 is 0. The number of carbonyl (C=O) groups is 1. The molecule has 1 aromatic rings. The number of hydrogen-bond donors (Lipinski definition) is 3. The van der Waals surface area contributed by atoms with Crippen molar-refractivity contribution in [3.05, 3.63) is 12.0 Å². The molecule has 0 amide bonds. The lowest BCUT2D eigenvalue weighted by atomic mass is 9.83. The number of aromatic nitrogens is 2. The number of sulfonamides is 1. The van der Waals surface area contributed by atoms with Gasteiger partial charge in [-0.05, 0) is 19.8 Å². The molecule has 1 fully saturated rings. The van der Waals surface area contributed by atoms with E-state index in [-0.39, 0.29) is 5.03 Å². The second-order valence-electron chi connectivity index (χ2n) is 4.89. The molecule has 1 aliphatic carbocycles. The molecule has 0 aliphatic heterocycles. The number of hydrogen-bond acceptors (Lipinski definition) is 4. The molecule has 1 aliphatic rings. The topological polar surface area (TPSA) is 112 Å². The third-order valence-corrected chi connectivity index (χ3v) is 4.86. The Morgan fingerprint density at radius 3 is 2.53 bits per heavy atom. The zero-order chi connectivity index (χ0) is 14.1. The molecular formula is C11H17N3O4S. The van der Waals surface area contributed by atoms with E-state index in [9.17, 15) is 18.3 Å². The molecule has 2 rings (SSSR count). The van der Waals surface area contributed by atoms with Crippen molar-refractivity contribution in [1.82, 2.24) is 14.7 Å². The van der Waals surface area contributed by atoms with Crippen molar-refractivity contribution in [3.8, 4) is 0 Å². The van der Waals surface area contributed by atoms with Crippen LogP contribution in [0.15, 0.2) is 11.2 Å². The summed E-state index contributed by atoms with van der Waals surface area (Å²) in [6.07, 6.45) is 4.16. The van der Waals surface area contributed by atoms with Crippen LogP contribution >= 0.6 is 0 Å². The average Bonchev–Trinajstić information content (AvgIpc) is 2.77. The molecule has 0 unspecified atom stereocenters. The third-order valence-electron chi connectivity index (χ3n) is 3.42. The maximum atomic E-state index is 12.2. The van der Waals surface area contributed by atoms with E-state index < -0.39 is 21.5 Å². The van der Waals surface area contributed by atoms with Crippen LogP contribution in [0.1, 0.15) is 37.9 Å². The minimum atomic E-state index is -3.89. The normalized spacial score (nSPS) is 19.2. The lowest BCUT2D eigenvalue weighted by molar-refractivity contribution is -0.145. The Labute approximate surface area is 111 Å². The van der Waals surface area contributed by atoms with Gasteiger partial charge in [0.15, 0.2) is 5.03 Å². The van der Waals surface area contributed by atoms with E-state index in [1.165, 1.54) is 6.20 Å². The molecule has 0 saturated heterocycles. The number of rotatable bonds is 4. The Hall–Kier alpha value is -1.41. The first-order chi connectivity index (χ1) is 8.86. The number of aryl methyl sites for hydroxylation is 1. The maximum absolute atomic E-state index is 12.2. The first kappa shape index (κ1) is 14.0. The van der Waals surface area contributed by atoms with Crippen molar-refractivity contribution >= 4 is 16.0 Å². The van der Waals surface area contributed by atoms with E-state index in [2.05, 4.69) is 14.7 Å². The Kier molecular flexibility index (Phi) is 3.64. The van der Waals surface area contributed by atoms with Gasteiger partial charge in [0.05, 0.1) is 6.20 Å². The minimum absolute atomic E-state index is 0.101. The van der Waals surface area contributed by atoms with Crippen LogP contribution in [-0.2, 0) is 14.8 Å². The van der Waals surface area contributed by atoms with E-state index in [0.717, 1.165) is 6.42 Å². The fourth-order valence-electron chi connectivity index (χ4n) is 2.36. The Morgan fingerprint density at radius 1 is 1.42 bits per heavy atom. The standard InChI is InChI=1S/C11H17N3O4S/c1-8-12-7-9(13-8)19(17,18)14-11(10(15)16)5-3-2-4-6-11/h7,14H,2-6H2,1H3,(H,12,13)(H,15,16). The molecule has 8 heteroatoms. The molecule has 0 bridgehead atoms. The molecule has 0 radical (unpaired) electrons. The predicted molar refractivity (Wildman–Crippen MR) is 67.1 cm³/mol. The Balaban J connectivity index is 2.29. The van der Waals surface area contributed by atoms with Gasteiger partial charge in [0, 0.05) is 0 Å². The van der Waals surface area contributed by atoms with Crippen LogP contribution in [-0.4, -0.2) is 35.0 Å². The molecule has 106 valence electrons. The van der Waals surface area contributed by atoms with E-state index in [0.29, 0.717) is 31.5 Å². The first-order valence-electron chi connectivity index (χ1n) is 6.15. The van der Waals surface area contributed by atoms with Gasteiger partial charge in [0.25, 0.3) is 10.0 Å². The van der Waals surface area contributed by atoms with Crippen LogP contribution in [0, 0.1) is 6.92 Å². The zero-order valence-electron chi connectivity index (χ0n) is 10.6. The minimum Gasteiger partial charge on any atom is -0.480 e. The smallest absolute Gasteiger partial charge is 0.324 e. The van der Waals surface area contributed by atoms with Crippen LogP contribution in [0.2, 0.25) is 0 Å². The van der Waals surface area contributed by atoms with Crippen molar-refractivity contribution < 1.29 is 18.3 Å². The highest BCUT2D eigenvalue weighted by atomic mass is 32.2. The maximum Gasteiger partial charge on any atom is 0.324 e. The largest absolute Gasteiger partial charge is 0.480 e. The number of nitrogens with one attached hydrogen (secondary N) is 2. The lowest BCUT2D eigenvalue weighted by Crippen LogP contribution is -2.55. The summed E-state index contributed by atoms with van der Waals surface area (Å²) in [4.78, 5) is 17.9. The number of carboxylic acids is 1. The summed E-state index contributed by atoms with van der Waals surface area (Å²) in [6.45, 7) is 1.63. The highest BCUT2D eigenvalue weighted by molar-refractivity contribution is 7.89. The van der Waals surface area contributed by atoms with Gasteiger partial charge in [-0.15, -0.1) is 0 Å². The van der Waals surface area contributed by atoms with E-state index in [1.807, 2.05) is 0 Å². The van der Waals surface area contributed by atoms with Gasteiger partial charge in [0.1, 0.15) is 11.4 Å². The van der Waals surface area contributed by atoms with E-state index >= 15 is 0 Å². The number of nitrogens with zero attached hydrogens (tertiary/aromatic N) is 1. The predicted octanol–water partition coefficient (Wildman–Crippen LogP) is 0.784. The van der Waals surface area contributed by atoms with E-state index in [1.54, 1.807) is 6.92 Å². The summed E-state index contributed by atoms with van der Waals surface area (Å²) in [5.74, 6) is -0.652.